The Hall–Kier alpha value is -3.00. The van der Waals surface area contributed by atoms with E-state index in [2.05, 4.69) is 28.8 Å². The van der Waals surface area contributed by atoms with Crippen LogP contribution in [0.5, 0.6) is 0 Å². The van der Waals surface area contributed by atoms with Gasteiger partial charge in [-0.1, -0.05) is 13.0 Å². The van der Waals surface area contributed by atoms with Crippen molar-refractivity contribution in [2.75, 3.05) is 31.4 Å². The molecule has 0 fully saturated rings. The molecule has 2 rings (SSSR count). The van der Waals surface area contributed by atoms with Gasteiger partial charge in [0.2, 0.25) is 0 Å². The zero-order chi connectivity index (χ0) is 23.6. The highest BCUT2D eigenvalue weighted by molar-refractivity contribution is 7.90. The first-order valence-corrected chi connectivity index (χ1v) is 12.4. The second-order valence-corrected chi connectivity index (χ2v) is 9.75. The highest BCUT2D eigenvalue weighted by Crippen LogP contribution is 2.23. The summed E-state index contributed by atoms with van der Waals surface area (Å²) in [5, 5.41) is 8.37. The van der Waals surface area contributed by atoms with Crippen molar-refractivity contribution in [3.63, 3.8) is 0 Å². The summed E-state index contributed by atoms with van der Waals surface area (Å²) >= 11 is 0. The molecule has 0 radical (unpaired) electrons. The molecule has 0 bridgehead atoms. The maximum absolute atomic E-state index is 11.5. The first kappa shape index (κ1) is 25.3. The molecule has 172 valence electrons. The number of hydrogen-bond donors (Lipinski definition) is 0. The van der Waals surface area contributed by atoms with Crippen LogP contribution in [-0.2, 0) is 19.4 Å². The minimum Gasteiger partial charge on any atom is -0.462 e. The number of anilines is 1. The second kappa shape index (κ2) is 12.1. The highest BCUT2D eigenvalue weighted by atomic mass is 32.2. The number of nitrogens with zero attached hydrogens (tertiary/aromatic N) is 3. The van der Waals surface area contributed by atoms with E-state index in [9.17, 15) is 13.2 Å². The van der Waals surface area contributed by atoms with Gasteiger partial charge >= 0.3 is 5.97 Å². The van der Waals surface area contributed by atoms with Crippen LogP contribution in [0.1, 0.15) is 32.6 Å². The maximum Gasteiger partial charge on any atom is 0.333 e. The van der Waals surface area contributed by atoms with E-state index in [0.717, 1.165) is 43.6 Å². The third-order valence-electron chi connectivity index (χ3n) is 4.81. The van der Waals surface area contributed by atoms with Crippen LogP contribution < -0.4 is 4.90 Å². The van der Waals surface area contributed by atoms with Crippen molar-refractivity contribution < 1.29 is 17.9 Å². The van der Waals surface area contributed by atoms with E-state index in [-0.39, 0.29) is 10.9 Å². The van der Waals surface area contributed by atoms with E-state index in [1.54, 1.807) is 19.1 Å². The molecule has 0 aliphatic heterocycles. The van der Waals surface area contributed by atoms with Crippen LogP contribution in [0, 0.1) is 0 Å². The summed E-state index contributed by atoms with van der Waals surface area (Å²) in [6.45, 7) is 6.58. The van der Waals surface area contributed by atoms with Gasteiger partial charge in [0.1, 0.15) is 0 Å². The molecule has 0 aliphatic rings. The fraction of sp³-hybridized carbons (Fsp3) is 0.375. The van der Waals surface area contributed by atoms with E-state index >= 15 is 0 Å². The van der Waals surface area contributed by atoms with Crippen molar-refractivity contribution in [3.05, 3.63) is 60.7 Å². The van der Waals surface area contributed by atoms with E-state index in [0.29, 0.717) is 17.9 Å². The van der Waals surface area contributed by atoms with Crippen molar-refractivity contribution in [2.45, 2.75) is 37.5 Å². The smallest absolute Gasteiger partial charge is 0.333 e. The monoisotopic (exact) mass is 457 g/mol. The largest absolute Gasteiger partial charge is 0.462 e. The Balaban J connectivity index is 1.74. The number of rotatable bonds is 12. The van der Waals surface area contributed by atoms with Gasteiger partial charge in [0.15, 0.2) is 9.84 Å². The van der Waals surface area contributed by atoms with Crippen molar-refractivity contribution in [2.24, 2.45) is 10.2 Å². The summed E-state index contributed by atoms with van der Waals surface area (Å²) in [5.41, 5.74) is 2.84. The standard InChI is InChI=1S/C24H31N3O4S/c1-19(2)24(28)31-18-8-6-5-7-17-27(3)22-13-9-20(10-14-22)25-26-21-11-15-23(16-12-21)32(4,29)30/h9-16H,1,5-8,17-18H2,2-4H3. The molecule has 0 unspecified atom stereocenters. The predicted octanol–water partition coefficient (Wildman–Crippen LogP) is 5.62. The Kier molecular flexibility index (Phi) is 9.59. The van der Waals surface area contributed by atoms with Crippen LogP contribution in [0.4, 0.5) is 17.1 Å². The maximum atomic E-state index is 11.5. The number of sulfone groups is 1. The molecule has 8 heteroatoms. The summed E-state index contributed by atoms with van der Waals surface area (Å²) in [6, 6.07) is 14.1. The van der Waals surface area contributed by atoms with E-state index in [1.807, 2.05) is 24.3 Å². The minimum atomic E-state index is -3.22. The molecular formula is C24H31N3O4S. The summed E-state index contributed by atoms with van der Waals surface area (Å²) < 4.78 is 28.1. The SMILES string of the molecule is C=C(C)C(=O)OCCCCCCN(C)c1ccc(N=Nc2ccc(S(C)(=O)=O)cc2)cc1. The average molecular weight is 458 g/mol. The van der Waals surface area contributed by atoms with Crippen LogP contribution in [-0.4, -0.2) is 40.8 Å². The predicted molar refractivity (Wildman–Crippen MR) is 128 cm³/mol. The zero-order valence-corrected chi connectivity index (χ0v) is 19.8. The first-order valence-electron chi connectivity index (χ1n) is 10.5. The van der Waals surface area contributed by atoms with E-state index < -0.39 is 9.84 Å². The summed E-state index contributed by atoms with van der Waals surface area (Å²) in [6.07, 6.45) is 5.17. The number of carbonyl (C=O) groups is 1. The van der Waals surface area contributed by atoms with Gasteiger partial charge in [0.25, 0.3) is 0 Å². The molecule has 32 heavy (non-hydrogen) atoms. The Labute approximate surface area is 190 Å². The summed E-state index contributed by atoms with van der Waals surface area (Å²) in [7, 11) is -1.17. The lowest BCUT2D eigenvalue weighted by molar-refractivity contribution is -0.139. The van der Waals surface area contributed by atoms with Crippen LogP contribution in [0.25, 0.3) is 0 Å². The number of azo groups is 1. The fourth-order valence-electron chi connectivity index (χ4n) is 2.87. The van der Waals surface area contributed by atoms with Crippen molar-refractivity contribution in [3.8, 4) is 0 Å². The van der Waals surface area contributed by atoms with Crippen LogP contribution in [0.3, 0.4) is 0 Å². The van der Waals surface area contributed by atoms with Crippen molar-refractivity contribution >= 4 is 32.9 Å². The summed E-state index contributed by atoms with van der Waals surface area (Å²) in [5.74, 6) is -0.322. The van der Waals surface area contributed by atoms with Gasteiger partial charge in [-0.2, -0.15) is 10.2 Å². The molecule has 2 aromatic rings. The lowest BCUT2D eigenvalue weighted by Crippen LogP contribution is -2.18. The van der Waals surface area contributed by atoms with Gasteiger partial charge in [-0.25, -0.2) is 13.2 Å². The van der Waals surface area contributed by atoms with Crippen LogP contribution in [0.2, 0.25) is 0 Å². The third kappa shape index (κ3) is 8.63. The van der Waals surface area contributed by atoms with Gasteiger partial charge in [-0.15, -0.1) is 0 Å². The molecule has 0 aromatic heterocycles. The fourth-order valence-corrected chi connectivity index (χ4v) is 3.50. The quantitative estimate of drug-likeness (QED) is 0.179. The number of unbranched alkanes of at least 4 members (excludes halogenated alkanes) is 3. The normalized spacial score (nSPS) is 11.5. The van der Waals surface area contributed by atoms with Gasteiger partial charge < -0.3 is 9.64 Å². The number of carbonyl (C=O) groups excluding carboxylic acids is 1. The molecule has 0 aliphatic carbocycles. The Morgan fingerprint density at radius 1 is 0.938 bits per heavy atom. The number of benzene rings is 2. The minimum absolute atomic E-state index is 0.259. The first-order chi connectivity index (χ1) is 15.2. The topological polar surface area (TPSA) is 88.4 Å². The highest BCUT2D eigenvalue weighted by Gasteiger charge is 2.06. The zero-order valence-electron chi connectivity index (χ0n) is 19.0. The number of esters is 1. The van der Waals surface area contributed by atoms with Crippen LogP contribution >= 0.6 is 0 Å². The average Bonchev–Trinajstić information content (AvgIpc) is 2.76. The molecule has 2 aromatic carbocycles. The van der Waals surface area contributed by atoms with Gasteiger partial charge in [-0.05, 0) is 74.7 Å². The molecule has 0 spiro atoms. The molecule has 0 saturated heterocycles. The molecule has 0 heterocycles. The Morgan fingerprint density at radius 2 is 1.47 bits per heavy atom. The van der Waals surface area contributed by atoms with Gasteiger partial charge in [0, 0.05) is 31.1 Å². The molecular weight excluding hydrogens is 426 g/mol. The van der Waals surface area contributed by atoms with E-state index in [1.165, 1.54) is 18.4 Å². The van der Waals surface area contributed by atoms with Crippen molar-refractivity contribution in [1.82, 2.24) is 0 Å². The third-order valence-corrected chi connectivity index (χ3v) is 5.93. The molecule has 0 N–H and O–H groups in total. The molecule has 0 atom stereocenters. The number of ether oxygens (including phenoxy) is 1. The van der Waals surface area contributed by atoms with E-state index in [4.69, 9.17) is 4.74 Å². The van der Waals surface area contributed by atoms with Crippen molar-refractivity contribution in [1.29, 1.82) is 0 Å². The number of hydrogen-bond acceptors (Lipinski definition) is 7. The lowest BCUT2D eigenvalue weighted by Gasteiger charge is -2.19. The van der Waals surface area contributed by atoms with Gasteiger partial charge in [-0.3, -0.25) is 0 Å². The summed E-state index contributed by atoms with van der Waals surface area (Å²) in [4.78, 5) is 13.7. The molecule has 0 amide bonds. The van der Waals surface area contributed by atoms with Gasteiger partial charge in [0.05, 0.1) is 22.9 Å². The second-order valence-electron chi connectivity index (χ2n) is 7.73. The molecule has 0 saturated carbocycles. The van der Waals surface area contributed by atoms with Crippen LogP contribution in [0.15, 0.2) is 75.8 Å². The lowest BCUT2D eigenvalue weighted by atomic mass is 10.2. The Morgan fingerprint density at radius 3 is 2.00 bits per heavy atom. The Bertz CT molecular complexity index is 1030. The molecule has 7 nitrogen and oxygen atoms in total.